The van der Waals surface area contributed by atoms with Crippen LogP contribution in [0.5, 0.6) is 0 Å². The van der Waals surface area contributed by atoms with E-state index in [0.717, 1.165) is 36.1 Å². The zero-order chi connectivity index (χ0) is 23.5. The molecule has 1 aromatic heterocycles. The fraction of sp³-hybridized carbons (Fsp3) is 0.385. The number of rotatable bonds is 11. The molecule has 2 aromatic rings. The molecule has 0 saturated carbocycles. The maximum atomic E-state index is 12.9. The van der Waals surface area contributed by atoms with Gasteiger partial charge in [0.2, 0.25) is 11.8 Å². The number of carbonyl (C=O) groups excluding carboxylic acids is 3. The van der Waals surface area contributed by atoms with E-state index >= 15 is 0 Å². The second-order valence-corrected chi connectivity index (χ2v) is 7.99. The highest BCUT2D eigenvalue weighted by Crippen LogP contribution is 2.38. The molecule has 1 aliphatic rings. The number of anilines is 1. The predicted octanol–water partition coefficient (Wildman–Crippen LogP) is 3.86. The Labute approximate surface area is 194 Å². The van der Waals surface area contributed by atoms with Gasteiger partial charge in [-0.3, -0.25) is 19.4 Å². The molecule has 0 spiro atoms. The Balaban J connectivity index is 1.38. The van der Waals surface area contributed by atoms with Crippen LogP contribution in [-0.2, 0) is 19.1 Å². The number of hydrogen-bond donors (Lipinski definition) is 1. The number of benzene rings is 1. The average Bonchev–Trinajstić information content (AvgIpc) is 3.19. The van der Waals surface area contributed by atoms with Gasteiger partial charge in [-0.15, -0.1) is 0 Å². The fourth-order valence-electron chi connectivity index (χ4n) is 3.96. The first-order valence-electron chi connectivity index (χ1n) is 11.5. The summed E-state index contributed by atoms with van der Waals surface area (Å²) in [6, 6.07) is 11.5. The second-order valence-electron chi connectivity index (χ2n) is 7.99. The Bertz CT molecular complexity index is 975. The highest BCUT2D eigenvalue weighted by atomic mass is 16.5. The minimum absolute atomic E-state index is 0.0286. The van der Waals surface area contributed by atoms with Crippen molar-refractivity contribution in [2.45, 2.75) is 44.9 Å². The first kappa shape index (κ1) is 24.2. The van der Waals surface area contributed by atoms with Gasteiger partial charge in [-0.1, -0.05) is 30.7 Å². The van der Waals surface area contributed by atoms with E-state index in [1.807, 2.05) is 36.4 Å². The van der Waals surface area contributed by atoms with Gasteiger partial charge in [-0.05, 0) is 49.1 Å². The average molecular weight is 450 g/mol. The summed E-state index contributed by atoms with van der Waals surface area (Å²) in [4.78, 5) is 42.5. The van der Waals surface area contributed by atoms with E-state index < -0.39 is 0 Å². The van der Waals surface area contributed by atoms with Crippen LogP contribution in [0.25, 0.3) is 6.08 Å². The van der Waals surface area contributed by atoms with Gasteiger partial charge in [0.1, 0.15) is 0 Å². The van der Waals surface area contributed by atoms with Crippen molar-refractivity contribution in [3.05, 3.63) is 66.0 Å². The van der Waals surface area contributed by atoms with E-state index in [1.54, 1.807) is 30.3 Å². The van der Waals surface area contributed by atoms with Crippen molar-refractivity contribution >= 4 is 29.5 Å². The summed E-state index contributed by atoms with van der Waals surface area (Å²) < 4.78 is 5.09. The molecule has 1 aliphatic heterocycles. The number of aromatic nitrogens is 1. The topological polar surface area (TPSA) is 88.6 Å². The molecular weight excluding hydrogens is 418 g/mol. The summed E-state index contributed by atoms with van der Waals surface area (Å²) >= 11 is 0. The number of esters is 1. The van der Waals surface area contributed by atoms with Crippen LogP contribution in [0.1, 0.15) is 56.1 Å². The Hall–Kier alpha value is -3.48. The Morgan fingerprint density at radius 2 is 2.00 bits per heavy atom. The number of hydrogen-bond acceptors (Lipinski definition) is 5. The van der Waals surface area contributed by atoms with E-state index in [4.69, 9.17) is 4.74 Å². The first-order chi connectivity index (χ1) is 16.1. The zero-order valence-corrected chi connectivity index (χ0v) is 19.0. The number of ether oxygens (including phenoxy) is 1. The minimum atomic E-state index is -0.232. The summed E-state index contributed by atoms with van der Waals surface area (Å²) in [6.45, 7) is 3.23. The molecule has 0 aliphatic carbocycles. The van der Waals surface area contributed by atoms with E-state index in [1.165, 1.54) is 6.08 Å². The summed E-state index contributed by atoms with van der Waals surface area (Å²) in [6.07, 6.45) is 9.73. The number of amides is 2. The Kier molecular flexibility index (Phi) is 9.18. The number of nitrogens with zero attached hydrogens (tertiary/aromatic N) is 2. The van der Waals surface area contributed by atoms with Crippen LogP contribution in [0, 0.1) is 0 Å². The van der Waals surface area contributed by atoms with Crippen molar-refractivity contribution in [2.75, 3.05) is 24.6 Å². The van der Waals surface area contributed by atoms with Crippen molar-refractivity contribution in [1.82, 2.24) is 10.3 Å². The van der Waals surface area contributed by atoms with Crippen LogP contribution in [-0.4, -0.2) is 42.5 Å². The van der Waals surface area contributed by atoms with Crippen molar-refractivity contribution < 1.29 is 19.1 Å². The SMILES string of the molecule is CCOC(=O)CC1CN(C(=O)CCCCCNC(=O)/C=C/c2cccnc2)c2ccccc21. The first-order valence-corrected chi connectivity index (χ1v) is 11.5. The molecule has 7 nitrogen and oxygen atoms in total. The van der Waals surface area contributed by atoms with E-state index in [-0.39, 0.29) is 30.1 Å². The second kappa shape index (κ2) is 12.5. The molecule has 0 radical (unpaired) electrons. The predicted molar refractivity (Wildman–Crippen MR) is 128 cm³/mol. The lowest BCUT2D eigenvalue weighted by Gasteiger charge is -2.18. The standard InChI is InChI=1S/C26H31N3O4/c1-2-33-26(32)17-21-19-29(23-11-6-5-10-22(21)23)25(31)12-4-3-7-16-28-24(30)14-13-20-9-8-15-27-18-20/h5-6,8-11,13-15,18,21H,2-4,7,12,16-17,19H2,1H3,(H,28,30)/b14-13+. The van der Waals surface area contributed by atoms with Crippen LogP contribution in [0.2, 0.25) is 0 Å². The van der Waals surface area contributed by atoms with Crippen molar-refractivity contribution in [3.63, 3.8) is 0 Å². The van der Waals surface area contributed by atoms with Gasteiger partial charge in [0.25, 0.3) is 0 Å². The molecule has 174 valence electrons. The number of para-hydroxylation sites is 1. The van der Waals surface area contributed by atoms with Gasteiger partial charge < -0.3 is 15.0 Å². The van der Waals surface area contributed by atoms with E-state index in [0.29, 0.717) is 26.1 Å². The van der Waals surface area contributed by atoms with Crippen LogP contribution < -0.4 is 10.2 Å². The summed E-state index contributed by atoms with van der Waals surface area (Å²) in [7, 11) is 0. The third-order valence-electron chi connectivity index (χ3n) is 5.57. The fourth-order valence-corrected chi connectivity index (χ4v) is 3.96. The molecule has 3 rings (SSSR count). The number of nitrogens with one attached hydrogen (secondary N) is 1. The van der Waals surface area contributed by atoms with Gasteiger partial charge in [-0.25, -0.2) is 0 Å². The Morgan fingerprint density at radius 3 is 2.79 bits per heavy atom. The largest absolute Gasteiger partial charge is 0.466 e. The molecule has 7 heteroatoms. The molecule has 1 unspecified atom stereocenters. The van der Waals surface area contributed by atoms with Crippen LogP contribution in [0.15, 0.2) is 54.9 Å². The lowest BCUT2D eigenvalue weighted by Crippen LogP contribution is -2.30. The molecule has 33 heavy (non-hydrogen) atoms. The maximum absolute atomic E-state index is 12.9. The smallest absolute Gasteiger partial charge is 0.306 e. The van der Waals surface area contributed by atoms with E-state index in [2.05, 4.69) is 10.3 Å². The summed E-state index contributed by atoms with van der Waals surface area (Å²) in [5.74, 6) is -0.337. The van der Waals surface area contributed by atoms with Crippen molar-refractivity contribution in [1.29, 1.82) is 0 Å². The molecule has 1 atom stereocenters. The van der Waals surface area contributed by atoms with Gasteiger partial charge in [0, 0.05) is 49.6 Å². The van der Waals surface area contributed by atoms with Gasteiger partial charge in [-0.2, -0.15) is 0 Å². The molecule has 1 aromatic carbocycles. The highest BCUT2D eigenvalue weighted by Gasteiger charge is 2.33. The molecule has 0 saturated heterocycles. The monoisotopic (exact) mass is 449 g/mol. The number of fused-ring (bicyclic) bond motifs is 1. The lowest BCUT2D eigenvalue weighted by atomic mass is 9.98. The van der Waals surface area contributed by atoms with Crippen molar-refractivity contribution in [2.24, 2.45) is 0 Å². The van der Waals surface area contributed by atoms with Gasteiger partial charge in [0.05, 0.1) is 13.0 Å². The summed E-state index contributed by atoms with van der Waals surface area (Å²) in [5.41, 5.74) is 2.80. The van der Waals surface area contributed by atoms with Crippen LogP contribution in [0.4, 0.5) is 5.69 Å². The molecule has 0 fully saturated rings. The normalized spacial score (nSPS) is 14.8. The summed E-state index contributed by atoms with van der Waals surface area (Å²) in [5, 5.41) is 2.86. The Morgan fingerprint density at radius 1 is 1.15 bits per heavy atom. The molecule has 0 bridgehead atoms. The molecule has 1 N–H and O–H groups in total. The number of unbranched alkanes of at least 4 members (excludes halogenated alkanes) is 2. The third-order valence-corrected chi connectivity index (χ3v) is 5.57. The molecule has 2 amide bonds. The highest BCUT2D eigenvalue weighted by molar-refractivity contribution is 5.96. The zero-order valence-electron chi connectivity index (χ0n) is 19.0. The minimum Gasteiger partial charge on any atom is -0.466 e. The number of pyridine rings is 1. The van der Waals surface area contributed by atoms with Crippen LogP contribution in [0.3, 0.4) is 0 Å². The van der Waals surface area contributed by atoms with Gasteiger partial charge >= 0.3 is 5.97 Å². The van der Waals surface area contributed by atoms with E-state index in [9.17, 15) is 14.4 Å². The lowest BCUT2D eigenvalue weighted by molar-refractivity contribution is -0.143. The van der Waals surface area contributed by atoms with Crippen molar-refractivity contribution in [3.8, 4) is 0 Å². The molecular formula is C26H31N3O4. The molecule has 2 heterocycles. The van der Waals surface area contributed by atoms with Crippen LogP contribution >= 0.6 is 0 Å². The third kappa shape index (κ3) is 7.27. The van der Waals surface area contributed by atoms with Gasteiger partial charge in [0.15, 0.2) is 0 Å². The number of carbonyl (C=O) groups is 3. The quantitative estimate of drug-likeness (QED) is 0.320. The maximum Gasteiger partial charge on any atom is 0.306 e.